The quantitative estimate of drug-likeness (QED) is 0.463. The van der Waals surface area contributed by atoms with E-state index in [9.17, 15) is 34.8 Å². The Morgan fingerprint density at radius 3 is 1.68 bits per heavy atom. The van der Waals surface area contributed by atoms with Crippen LogP contribution in [0.3, 0.4) is 0 Å². The van der Waals surface area contributed by atoms with Crippen molar-refractivity contribution in [2.45, 2.75) is 30.4 Å². The van der Waals surface area contributed by atoms with Crippen molar-refractivity contribution in [3.05, 3.63) is 12.7 Å². The lowest BCUT2D eigenvalue weighted by Crippen LogP contribution is -2.57. The smallest absolute Gasteiger partial charge is 0.327 e. The lowest BCUT2D eigenvalue weighted by Gasteiger charge is -2.29. The van der Waals surface area contributed by atoms with Crippen molar-refractivity contribution < 1.29 is 39.3 Å². The van der Waals surface area contributed by atoms with Crippen LogP contribution >= 0.6 is 0 Å². The van der Waals surface area contributed by atoms with Gasteiger partial charge in [0.25, 0.3) is 0 Å². The van der Waals surface area contributed by atoms with Crippen molar-refractivity contribution in [2.75, 3.05) is 6.54 Å². The maximum atomic E-state index is 12.4. The van der Waals surface area contributed by atoms with Crippen LogP contribution in [0.5, 0.6) is 0 Å². The molecule has 19 heavy (non-hydrogen) atoms. The van der Waals surface area contributed by atoms with Crippen molar-refractivity contribution in [1.82, 2.24) is 0 Å². The summed E-state index contributed by atoms with van der Waals surface area (Å²) in [6, 6.07) is 0. The fraction of sp³-hybridized carbons (Fsp3) is 0.750. The van der Waals surface area contributed by atoms with E-state index < -0.39 is 33.6 Å². The molecule has 0 amide bonds. The average Bonchev–Trinajstić information content (AvgIpc) is 2.27. The van der Waals surface area contributed by atoms with Gasteiger partial charge in [-0.05, 0) is 0 Å². The molecule has 116 valence electrons. The van der Waals surface area contributed by atoms with E-state index in [1.807, 2.05) is 0 Å². The van der Waals surface area contributed by atoms with Crippen LogP contribution in [0.15, 0.2) is 12.7 Å². The fourth-order valence-electron chi connectivity index (χ4n) is 0.597. The molecule has 0 radical (unpaired) electrons. The predicted molar refractivity (Wildman–Crippen MR) is 55.9 cm³/mol. The molecule has 0 aliphatic carbocycles. The van der Waals surface area contributed by atoms with Gasteiger partial charge in [-0.1, -0.05) is 13.0 Å². The molecule has 3 N–H and O–H groups in total. The summed E-state index contributed by atoms with van der Waals surface area (Å²) in [4.78, 5) is 0. The lowest BCUT2D eigenvalue weighted by molar-refractivity contribution is -0.281. The Morgan fingerprint density at radius 1 is 1.21 bits per heavy atom. The van der Waals surface area contributed by atoms with Crippen LogP contribution in [0.4, 0.5) is 26.3 Å². The van der Waals surface area contributed by atoms with Crippen molar-refractivity contribution >= 4 is 10.1 Å². The molecule has 0 aromatic rings. The van der Waals surface area contributed by atoms with Gasteiger partial charge in [-0.3, -0.25) is 4.55 Å². The van der Waals surface area contributed by atoms with Gasteiger partial charge in [-0.25, -0.2) is 0 Å². The highest BCUT2D eigenvalue weighted by atomic mass is 32.2. The van der Waals surface area contributed by atoms with Gasteiger partial charge >= 0.3 is 27.2 Å². The molecule has 0 bridgehead atoms. The average molecular weight is 317 g/mol. The first-order valence-electron chi connectivity index (χ1n) is 4.64. The molecule has 0 saturated carbocycles. The van der Waals surface area contributed by atoms with Gasteiger partial charge in [0.15, 0.2) is 0 Å². The molecular weight excluding hydrogens is 304 g/mol. The molecule has 0 aromatic carbocycles. The molecule has 0 aromatic heterocycles. The minimum atomic E-state index is -6.62. The Labute approximate surface area is 106 Å². The third-order valence-electron chi connectivity index (χ3n) is 1.76. The Balaban J connectivity index is 0. The summed E-state index contributed by atoms with van der Waals surface area (Å²) in [6.07, 6.45) is -0.0505. The number of alkyl halides is 6. The van der Waals surface area contributed by atoms with Crippen molar-refractivity contribution in [2.24, 2.45) is 5.73 Å². The SMILES string of the molecule is C=CCN.CCC(F)(F)C(F)(F)C(F)(F)S(=O)(=O)O. The van der Waals surface area contributed by atoms with Crippen LogP contribution in [-0.4, -0.2) is 36.6 Å². The van der Waals surface area contributed by atoms with Gasteiger partial charge in [-0.15, -0.1) is 6.58 Å². The van der Waals surface area contributed by atoms with Crippen LogP contribution < -0.4 is 5.73 Å². The zero-order valence-electron chi connectivity index (χ0n) is 9.72. The van der Waals surface area contributed by atoms with E-state index in [0.29, 0.717) is 13.5 Å². The highest BCUT2D eigenvalue weighted by molar-refractivity contribution is 7.87. The first-order valence-corrected chi connectivity index (χ1v) is 6.08. The van der Waals surface area contributed by atoms with E-state index in [2.05, 4.69) is 6.58 Å². The van der Waals surface area contributed by atoms with Crippen molar-refractivity contribution in [3.63, 3.8) is 0 Å². The molecule has 0 unspecified atom stereocenters. The van der Waals surface area contributed by atoms with Gasteiger partial charge in [0.05, 0.1) is 0 Å². The van der Waals surface area contributed by atoms with E-state index in [-0.39, 0.29) is 0 Å². The summed E-state index contributed by atoms with van der Waals surface area (Å²) in [7, 11) is -6.62. The molecule has 0 atom stereocenters. The van der Waals surface area contributed by atoms with Crippen molar-refractivity contribution in [1.29, 1.82) is 0 Å². The van der Waals surface area contributed by atoms with Gasteiger partial charge in [-0.2, -0.15) is 34.8 Å². The Bertz CT molecular complexity index is 395. The number of hydrogen-bond donors (Lipinski definition) is 2. The maximum Gasteiger partial charge on any atom is 0.437 e. The summed E-state index contributed by atoms with van der Waals surface area (Å²) in [6.45, 7) is 4.40. The summed E-state index contributed by atoms with van der Waals surface area (Å²) in [5.41, 5.74) is 4.91. The number of halogens is 6. The van der Waals surface area contributed by atoms with Crippen LogP contribution in [0.1, 0.15) is 13.3 Å². The monoisotopic (exact) mass is 317 g/mol. The molecule has 4 nitrogen and oxygen atoms in total. The third-order valence-corrected chi connectivity index (χ3v) is 2.66. The number of rotatable bonds is 5. The van der Waals surface area contributed by atoms with E-state index in [1.54, 1.807) is 6.08 Å². The van der Waals surface area contributed by atoms with E-state index in [1.165, 1.54) is 0 Å². The summed E-state index contributed by atoms with van der Waals surface area (Å²) >= 11 is 0. The van der Waals surface area contributed by atoms with Gasteiger partial charge in [0.1, 0.15) is 0 Å². The molecule has 0 fully saturated rings. The molecular formula is C8H13F6NO3S. The first-order chi connectivity index (χ1) is 8.22. The van der Waals surface area contributed by atoms with Crippen LogP contribution in [0.25, 0.3) is 0 Å². The highest BCUT2D eigenvalue weighted by Crippen LogP contribution is 2.49. The standard InChI is InChI=1S/C5H6F6O3S.C3H7N/c1-2-3(6,7)4(8,9)5(10,11)15(12,13)14;1-2-3-4/h2H2,1H3,(H,12,13,14);2H,1,3-4H2. The number of nitrogens with two attached hydrogens (primary N) is 1. The van der Waals surface area contributed by atoms with E-state index in [0.717, 1.165) is 0 Å². The van der Waals surface area contributed by atoms with Crippen LogP contribution in [-0.2, 0) is 10.1 Å². The largest absolute Gasteiger partial charge is 0.437 e. The molecule has 0 aliphatic heterocycles. The second-order valence-corrected chi connectivity index (χ2v) is 4.61. The molecule has 0 rings (SSSR count). The zero-order chi connectivity index (χ0) is 16.1. The topological polar surface area (TPSA) is 80.4 Å². The summed E-state index contributed by atoms with van der Waals surface area (Å²) in [5.74, 6) is -11.4. The van der Waals surface area contributed by atoms with Crippen molar-refractivity contribution in [3.8, 4) is 0 Å². The number of hydrogen-bond acceptors (Lipinski definition) is 3. The van der Waals surface area contributed by atoms with Crippen LogP contribution in [0.2, 0.25) is 0 Å². The van der Waals surface area contributed by atoms with Gasteiger partial charge < -0.3 is 5.73 Å². The molecule has 0 aliphatic rings. The molecule has 0 spiro atoms. The lowest BCUT2D eigenvalue weighted by atomic mass is 10.1. The molecule has 11 heteroatoms. The zero-order valence-corrected chi connectivity index (χ0v) is 10.5. The van der Waals surface area contributed by atoms with Crippen LogP contribution in [0, 0.1) is 0 Å². The fourth-order valence-corrected chi connectivity index (χ4v) is 1.07. The Kier molecular flexibility index (Phi) is 7.09. The molecule has 0 saturated heterocycles. The predicted octanol–water partition coefficient (Wildman–Crippen LogP) is 2.28. The van der Waals surface area contributed by atoms with E-state index >= 15 is 0 Å². The normalized spacial score (nSPS) is 13.5. The summed E-state index contributed by atoms with van der Waals surface area (Å²) < 4.78 is 102. The van der Waals surface area contributed by atoms with Gasteiger partial charge in [0.2, 0.25) is 0 Å². The highest BCUT2D eigenvalue weighted by Gasteiger charge is 2.76. The first kappa shape index (κ1) is 20.5. The minimum Gasteiger partial charge on any atom is -0.327 e. The second-order valence-electron chi connectivity index (χ2n) is 3.15. The Morgan fingerprint density at radius 2 is 1.53 bits per heavy atom. The maximum absolute atomic E-state index is 12.4. The Hall–Kier alpha value is -0.810. The summed E-state index contributed by atoms with van der Waals surface area (Å²) in [5, 5.41) is -6.24. The third kappa shape index (κ3) is 4.35. The second kappa shape index (κ2) is 6.57. The van der Waals surface area contributed by atoms with Gasteiger partial charge in [0, 0.05) is 13.0 Å². The molecule has 0 heterocycles. The minimum absolute atomic E-state index is 0.466. The van der Waals surface area contributed by atoms with E-state index in [4.69, 9.17) is 10.3 Å².